The summed E-state index contributed by atoms with van der Waals surface area (Å²) in [7, 11) is 0. The average molecular weight is 389 g/mol. The summed E-state index contributed by atoms with van der Waals surface area (Å²) in [6, 6.07) is 7.44. The largest absolute Gasteiger partial charge is 0.490 e. The first-order valence-corrected chi connectivity index (χ1v) is 10.4. The summed E-state index contributed by atoms with van der Waals surface area (Å²) in [6.45, 7) is 8.60. The van der Waals surface area contributed by atoms with E-state index >= 15 is 0 Å². The van der Waals surface area contributed by atoms with E-state index in [9.17, 15) is 9.59 Å². The van der Waals surface area contributed by atoms with Gasteiger partial charge in [-0.25, -0.2) is 4.79 Å². The van der Waals surface area contributed by atoms with Crippen LogP contribution in [0.3, 0.4) is 0 Å². The minimum absolute atomic E-state index is 0.0716. The Balaban J connectivity index is 1.47. The highest BCUT2D eigenvalue weighted by Gasteiger charge is 2.27. The lowest BCUT2D eigenvalue weighted by Gasteiger charge is -2.33. The summed E-state index contributed by atoms with van der Waals surface area (Å²) in [5, 5.41) is 0. The van der Waals surface area contributed by atoms with Gasteiger partial charge in [0.1, 0.15) is 17.5 Å². The Labute approximate surface area is 167 Å². The molecule has 6 heteroatoms. The fourth-order valence-electron chi connectivity index (χ4n) is 3.63. The molecule has 2 fully saturated rings. The number of benzene rings is 1. The lowest BCUT2D eigenvalue weighted by Crippen LogP contribution is -2.44. The Morgan fingerprint density at radius 2 is 1.50 bits per heavy atom. The fourth-order valence-corrected chi connectivity index (χ4v) is 3.63. The molecule has 0 N–H and O–H groups in total. The highest BCUT2D eigenvalue weighted by atomic mass is 16.6. The van der Waals surface area contributed by atoms with Crippen molar-refractivity contribution in [3.05, 3.63) is 29.8 Å². The topological polar surface area (TPSA) is 59.1 Å². The maximum Gasteiger partial charge on any atom is 0.410 e. The molecule has 28 heavy (non-hydrogen) atoms. The van der Waals surface area contributed by atoms with E-state index in [-0.39, 0.29) is 18.1 Å². The van der Waals surface area contributed by atoms with Crippen LogP contribution < -0.4 is 4.74 Å². The van der Waals surface area contributed by atoms with Crippen LogP contribution in [-0.2, 0) is 4.74 Å². The highest BCUT2D eigenvalue weighted by molar-refractivity contribution is 5.94. The van der Waals surface area contributed by atoms with Gasteiger partial charge in [0, 0.05) is 44.6 Å². The van der Waals surface area contributed by atoms with E-state index in [1.165, 1.54) is 6.42 Å². The second-order valence-corrected chi connectivity index (χ2v) is 8.66. The zero-order chi connectivity index (χ0) is 20.1. The predicted octanol–water partition coefficient (Wildman–Crippen LogP) is 4.09. The summed E-state index contributed by atoms with van der Waals surface area (Å²) in [5.74, 6) is 0.878. The molecular formula is C22H32N2O4. The van der Waals surface area contributed by atoms with Gasteiger partial charge in [0.05, 0.1) is 0 Å². The molecule has 2 amide bonds. The van der Waals surface area contributed by atoms with Crippen molar-refractivity contribution in [2.24, 2.45) is 0 Å². The molecule has 0 aliphatic carbocycles. The van der Waals surface area contributed by atoms with Crippen LogP contribution in [0.2, 0.25) is 0 Å². The molecule has 3 rings (SSSR count). The normalized spacial score (nSPS) is 18.7. The Morgan fingerprint density at radius 3 is 2.07 bits per heavy atom. The molecule has 2 heterocycles. The molecule has 6 nitrogen and oxygen atoms in total. The van der Waals surface area contributed by atoms with Crippen LogP contribution in [0.1, 0.15) is 63.2 Å². The minimum atomic E-state index is -0.474. The first-order valence-electron chi connectivity index (χ1n) is 10.4. The van der Waals surface area contributed by atoms with Gasteiger partial charge in [-0.1, -0.05) is 0 Å². The van der Waals surface area contributed by atoms with E-state index in [0.29, 0.717) is 18.7 Å². The van der Waals surface area contributed by atoms with Gasteiger partial charge < -0.3 is 19.3 Å². The summed E-state index contributed by atoms with van der Waals surface area (Å²) in [5.41, 5.74) is 0.242. The molecular weight excluding hydrogens is 356 g/mol. The molecule has 1 aromatic carbocycles. The van der Waals surface area contributed by atoms with Crippen LogP contribution in [0.4, 0.5) is 4.79 Å². The zero-order valence-corrected chi connectivity index (χ0v) is 17.3. The number of ether oxygens (including phenoxy) is 2. The van der Waals surface area contributed by atoms with E-state index in [1.807, 2.05) is 49.9 Å². The lowest BCUT2D eigenvalue weighted by atomic mass is 10.1. The third kappa shape index (κ3) is 5.63. The van der Waals surface area contributed by atoms with E-state index in [2.05, 4.69) is 0 Å². The SMILES string of the molecule is CC(C)(C)OC(=O)N1CCC(Oc2ccc(C(=O)N3CCCCC3)cc2)CC1. The molecule has 0 spiro atoms. The van der Waals surface area contributed by atoms with Gasteiger partial charge in [0.15, 0.2) is 0 Å². The van der Waals surface area contributed by atoms with Crippen molar-refractivity contribution in [3.63, 3.8) is 0 Å². The minimum Gasteiger partial charge on any atom is -0.490 e. The quantitative estimate of drug-likeness (QED) is 0.782. The molecule has 0 atom stereocenters. The van der Waals surface area contributed by atoms with E-state index in [4.69, 9.17) is 9.47 Å². The second kappa shape index (κ2) is 8.84. The molecule has 2 aliphatic heterocycles. The molecule has 1 aromatic rings. The summed E-state index contributed by atoms with van der Waals surface area (Å²) >= 11 is 0. The van der Waals surface area contributed by atoms with Gasteiger partial charge in [-0.3, -0.25) is 4.79 Å². The smallest absolute Gasteiger partial charge is 0.410 e. The van der Waals surface area contributed by atoms with Crippen molar-refractivity contribution >= 4 is 12.0 Å². The maximum absolute atomic E-state index is 12.5. The van der Waals surface area contributed by atoms with Crippen LogP contribution in [0.15, 0.2) is 24.3 Å². The summed E-state index contributed by atoms with van der Waals surface area (Å²) in [4.78, 5) is 28.4. The molecule has 0 unspecified atom stereocenters. The van der Waals surface area contributed by atoms with E-state index in [1.54, 1.807) is 4.90 Å². The van der Waals surface area contributed by atoms with Crippen molar-refractivity contribution in [3.8, 4) is 5.75 Å². The van der Waals surface area contributed by atoms with Gasteiger partial charge in [-0.2, -0.15) is 0 Å². The van der Waals surface area contributed by atoms with Gasteiger partial charge in [-0.15, -0.1) is 0 Å². The molecule has 0 saturated carbocycles. The number of hydrogen-bond donors (Lipinski definition) is 0. The van der Waals surface area contributed by atoms with Crippen LogP contribution in [0, 0.1) is 0 Å². The van der Waals surface area contributed by atoms with E-state index < -0.39 is 5.60 Å². The number of hydrogen-bond acceptors (Lipinski definition) is 4. The van der Waals surface area contributed by atoms with Crippen molar-refractivity contribution < 1.29 is 19.1 Å². The number of carbonyl (C=O) groups is 2. The number of rotatable bonds is 3. The Hall–Kier alpha value is -2.24. The van der Waals surface area contributed by atoms with Crippen molar-refractivity contribution in [2.45, 2.75) is 64.6 Å². The Morgan fingerprint density at radius 1 is 0.893 bits per heavy atom. The predicted molar refractivity (Wildman–Crippen MR) is 108 cm³/mol. The maximum atomic E-state index is 12.5. The third-order valence-electron chi connectivity index (χ3n) is 5.14. The van der Waals surface area contributed by atoms with Crippen LogP contribution >= 0.6 is 0 Å². The van der Waals surface area contributed by atoms with Gasteiger partial charge in [0.25, 0.3) is 5.91 Å². The molecule has 2 aliphatic rings. The standard InChI is InChI=1S/C22H32N2O4/c1-22(2,3)28-21(26)24-15-11-19(12-16-24)27-18-9-7-17(8-10-18)20(25)23-13-5-4-6-14-23/h7-10,19H,4-6,11-16H2,1-3H3. The van der Waals surface area contributed by atoms with Crippen molar-refractivity contribution in [1.29, 1.82) is 0 Å². The number of likely N-dealkylation sites (tertiary alicyclic amines) is 2. The summed E-state index contributed by atoms with van der Waals surface area (Å²) < 4.78 is 11.5. The molecule has 2 saturated heterocycles. The van der Waals surface area contributed by atoms with Gasteiger partial charge in [0.2, 0.25) is 0 Å². The van der Waals surface area contributed by atoms with Crippen molar-refractivity contribution in [2.75, 3.05) is 26.2 Å². The fraction of sp³-hybridized carbons (Fsp3) is 0.636. The third-order valence-corrected chi connectivity index (χ3v) is 5.14. The van der Waals surface area contributed by atoms with E-state index in [0.717, 1.165) is 44.5 Å². The number of nitrogens with zero attached hydrogens (tertiary/aromatic N) is 2. The lowest BCUT2D eigenvalue weighted by molar-refractivity contribution is 0.0126. The number of carbonyl (C=O) groups excluding carboxylic acids is 2. The monoisotopic (exact) mass is 388 g/mol. The summed E-state index contributed by atoms with van der Waals surface area (Å²) in [6.07, 6.45) is 4.75. The first kappa shape index (κ1) is 20.5. The highest BCUT2D eigenvalue weighted by Crippen LogP contribution is 2.22. The van der Waals surface area contributed by atoms with Gasteiger partial charge >= 0.3 is 6.09 Å². The van der Waals surface area contributed by atoms with Gasteiger partial charge in [-0.05, 0) is 64.3 Å². The molecule has 154 valence electrons. The van der Waals surface area contributed by atoms with Crippen LogP contribution in [0.5, 0.6) is 5.75 Å². The van der Waals surface area contributed by atoms with Crippen LogP contribution in [0.25, 0.3) is 0 Å². The number of piperidine rings is 2. The first-order chi connectivity index (χ1) is 13.3. The molecule has 0 aromatic heterocycles. The number of amides is 2. The second-order valence-electron chi connectivity index (χ2n) is 8.66. The zero-order valence-electron chi connectivity index (χ0n) is 17.3. The average Bonchev–Trinajstić information content (AvgIpc) is 2.68. The molecule has 0 bridgehead atoms. The Bertz CT molecular complexity index is 667. The Kier molecular flexibility index (Phi) is 6.47. The molecule has 0 radical (unpaired) electrons. The van der Waals surface area contributed by atoms with Crippen molar-refractivity contribution in [1.82, 2.24) is 9.80 Å². The van der Waals surface area contributed by atoms with Crippen LogP contribution in [-0.4, -0.2) is 59.7 Å².